The maximum atomic E-state index is 12.8. The minimum Gasteiger partial charge on any atom is -0.462 e. The van der Waals surface area contributed by atoms with Crippen molar-refractivity contribution < 1.29 is 22.7 Å². The number of hydrogen-bond acceptors (Lipinski definition) is 5. The number of benzene rings is 2. The van der Waals surface area contributed by atoms with E-state index in [1.807, 2.05) is 31.2 Å². The smallest absolute Gasteiger partial charge is 0.338 e. The van der Waals surface area contributed by atoms with Crippen molar-refractivity contribution in [1.29, 1.82) is 0 Å². The molecule has 0 unspecified atom stereocenters. The monoisotopic (exact) mass is 478 g/mol. The van der Waals surface area contributed by atoms with Crippen LogP contribution in [0.5, 0.6) is 0 Å². The topological polar surface area (TPSA) is 92.8 Å². The fraction of sp³-hybridized carbons (Fsp3) is 0.391. The first-order valence-corrected chi connectivity index (χ1v) is 12.5. The Bertz CT molecular complexity index is 1100. The van der Waals surface area contributed by atoms with E-state index in [1.54, 1.807) is 19.1 Å². The molecular formula is C23H27ClN2O5S. The second-order valence-corrected chi connectivity index (χ2v) is 10.1. The number of sulfonamides is 1. The molecule has 1 N–H and O–H groups in total. The van der Waals surface area contributed by atoms with Crippen LogP contribution in [0, 0.1) is 12.8 Å². The molecule has 9 heteroatoms. The first-order valence-electron chi connectivity index (χ1n) is 10.5. The van der Waals surface area contributed by atoms with Gasteiger partial charge in [0.05, 0.1) is 28.6 Å². The third-order valence-electron chi connectivity index (χ3n) is 5.56. The summed E-state index contributed by atoms with van der Waals surface area (Å²) >= 11 is 6.22. The number of halogens is 1. The minimum atomic E-state index is -3.45. The molecule has 1 heterocycles. The molecule has 0 saturated carbocycles. The van der Waals surface area contributed by atoms with Gasteiger partial charge in [-0.15, -0.1) is 0 Å². The van der Waals surface area contributed by atoms with Crippen molar-refractivity contribution in [2.24, 2.45) is 5.92 Å². The summed E-state index contributed by atoms with van der Waals surface area (Å²) in [7, 11) is -3.45. The predicted octanol–water partition coefficient (Wildman–Crippen LogP) is 4.01. The van der Waals surface area contributed by atoms with Crippen molar-refractivity contribution in [3.8, 4) is 0 Å². The summed E-state index contributed by atoms with van der Waals surface area (Å²) in [6.45, 7) is 4.46. The molecule has 172 valence electrons. The number of piperidine rings is 1. The van der Waals surface area contributed by atoms with Crippen LogP contribution < -0.4 is 5.32 Å². The van der Waals surface area contributed by atoms with Gasteiger partial charge < -0.3 is 10.1 Å². The Labute approximate surface area is 193 Å². The van der Waals surface area contributed by atoms with Gasteiger partial charge >= 0.3 is 5.97 Å². The summed E-state index contributed by atoms with van der Waals surface area (Å²) in [6.07, 6.45) is 0.856. The molecule has 0 aliphatic carbocycles. The van der Waals surface area contributed by atoms with Gasteiger partial charge in [-0.3, -0.25) is 4.79 Å². The number of carbonyl (C=O) groups excluding carboxylic acids is 2. The van der Waals surface area contributed by atoms with Crippen LogP contribution in [0.25, 0.3) is 0 Å². The van der Waals surface area contributed by atoms with Crippen molar-refractivity contribution in [2.75, 3.05) is 25.0 Å². The number of carbonyl (C=O) groups is 2. The van der Waals surface area contributed by atoms with E-state index in [1.165, 1.54) is 10.4 Å². The molecule has 0 aromatic heterocycles. The van der Waals surface area contributed by atoms with E-state index in [-0.39, 0.29) is 29.2 Å². The van der Waals surface area contributed by atoms with Crippen molar-refractivity contribution >= 4 is 39.2 Å². The average molecular weight is 479 g/mol. The van der Waals surface area contributed by atoms with Crippen LogP contribution in [0.2, 0.25) is 5.02 Å². The quantitative estimate of drug-likeness (QED) is 0.607. The number of hydrogen-bond donors (Lipinski definition) is 1. The van der Waals surface area contributed by atoms with Gasteiger partial charge in [-0.25, -0.2) is 17.5 Å². The molecule has 1 saturated heterocycles. The van der Waals surface area contributed by atoms with Gasteiger partial charge in [-0.05, 0) is 56.0 Å². The van der Waals surface area contributed by atoms with Crippen LogP contribution in [-0.4, -0.2) is 44.3 Å². The fourth-order valence-corrected chi connectivity index (χ4v) is 5.54. The van der Waals surface area contributed by atoms with Crippen molar-refractivity contribution in [2.45, 2.75) is 32.4 Å². The average Bonchev–Trinajstić information content (AvgIpc) is 2.77. The molecule has 2 aromatic rings. The van der Waals surface area contributed by atoms with Gasteiger partial charge in [0.25, 0.3) is 0 Å². The number of rotatable bonds is 7. The molecule has 0 bridgehead atoms. The lowest BCUT2D eigenvalue weighted by atomic mass is 9.97. The fourth-order valence-electron chi connectivity index (χ4n) is 3.65. The lowest BCUT2D eigenvalue weighted by Crippen LogP contribution is -2.42. The number of amides is 1. The van der Waals surface area contributed by atoms with Gasteiger partial charge in [0.1, 0.15) is 0 Å². The molecule has 3 rings (SSSR count). The van der Waals surface area contributed by atoms with Crippen molar-refractivity contribution in [3.05, 3.63) is 64.2 Å². The zero-order chi connectivity index (χ0) is 23.3. The Morgan fingerprint density at radius 1 is 1.16 bits per heavy atom. The molecule has 1 aliphatic rings. The normalized spacial score (nSPS) is 15.3. The minimum absolute atomic E-state index is 0.0427. The highest BCUT2D eigenvalue weighted by Crippen LogP contribution is 2.27. The van der Waals surface area contributed by atoms with Gasteiger partial charge in [0.2, 0.25) is 15.9 Å². The summed E-state index contributed by atoms with van der Waals surface area (Å²) in [5.41, 5.74) is 2.44. The molecule has 7 nitrogen and oxygen atoms in total. The number of nitrogens with zero attached hydrogens (tertiary/aromatic N) is 1. The van der Waals surface area contributed by atoms with Crippen LogP contribution in [0.3, 0.4) is 0 Å². The highest BCUT2D eigenvalue weighted by atomic mass is 35.5. The Morgan fingerprint density at radius 3 is 2.47 bits per heavy atom. The van der Waals surface area contributed by atoms with Crippen LogP contribution in [-0.2, 0) is 25.3 Å². The highest BCUT2D eigenvalue weighted by Gasteiger charge is 2.31. The maximum Gasteiger partial charge on any atom is 0.338 e. The lowest BCUT2D eigenvalue weighted by molar-refractivity contribution is -0.120. The first-order chi connectivity index (χ1) is 15.2. The second-order valence-electron chi connectivity index (χ2n) is 7.76. The first kappa shape index (κ1) is 24.2. The number of esters is 1. The van der Waals surface area contributed by atoms with E-state index in [0.29, 0.717) is 37.2 Å². The van der Waals surface area contributed by atoms with E-state index in [4.69, 9.17) is 16.3 Å². The lowest BCUT2D eigenvalue weighted by Gasteiger charge is -2.30. The molecular weight excluding hydrogens is 452 g/mol. The Morgan fingerprint density at radius 2 is 1.84 bits per heavy atom. The number of anilines is 1. The Hall–Kier alpha value is -2.42. The van der Waals surface area contributed by atoms with Gasteiger partial charge in [0.15, 0.2) is 0 Å². The van der Waals surface area contributed by atoms with Crippen LogP contribution >= 0.6 is 11.6 Å². The molecule has 0 spiro atoms. The summed E-state index contributed by atoms with van der Waals surface area (Å²) in [4.78, 5) is 24.5. The highest BCUT2D eigenvalue weighted by molar-refractivity contribution is 7.88. The molecule has 0 radical (unpaired) electrons. The summed E-state index contributed by atoms with van der Waals surface area (Å²) < 4.78 is 32.1. The Kier molecular flexibility index (Phi) is 7.92. The number of ether oxygens (including phenoxy) is 1. The van der Waals surface area contributed by atoms with E-state index >= 15 is 0 Å². The van der Waals surface area contributed by atoms with E-state index in [2.05, 4.69) is 5.32 Å². The summed E-state index contributed by atoms with van der Waals surface area (Å²) in [5, 5.41) is 3.03. The molecule has 0 atom stereocenters. The maximum absolute atomic E-state index is 12.8. The third-order valence-corrected chi connectivity index (χ3v) is 7.70. The molecule has 32 heavy (non-hydrogen) atoms. The largest absolute Gasteiger partial charge is 0.462 e. The zero-order valence-corrected chi connectivity index (χ0v) is 19.7. The second kappa shape index (κ2) is 10.5. The van der Waals surface area contributed by atoms with Gasteiger partial charge in [-0.2, -0.15) is 0 Å². The van der Waals surface area contributed by atoms with E-state index in [0.717, 1.165) is 11.1 Å². The number of nitrogens with one attached hydrogen (secondary N) is 1. The SMILES string of the molecule is CCOC(=O)c1ccc(NC(=O)C2CCN(S(=O)(=O)Cc3ccccc3C)CC2)c(Cl)c1. The zero-order valence-electron chi connectivity index (χ0n) is 18.1. The van der Waals surface area contributed by atoms with Crippen molar-refractivity contribution in [3.63, 3.8) is 0 Å². The van der Waals surface area contributed by atoms with Crippen LogP contribution in [0.4, 0.5) is 5.69 Å². The Balaban J connectivity index is 1.57. The van der Waals surface area contributed by atoms with Crippen molar-refractivity contribution in [1.82, 2.24) is 4.31 Å². The van der Waals surface area contributed by atoms with E-state index in [9.17, 15) is 18.0 Å². The van der Waals surface area contributed by atoms with Crippen LogP contribution in [0.1, 0.15) is 41.3 Å². The summed E-state index contributed by atoms with van der Waals surface area (Å²) in [6, 6.07) is 12.0. The third kappa shape index (κ3) is 5.88. The molecule has 2 aromatic carbocycles. The molecule has 1 fully saturated rings. The van der Waals surface area contributed by atoms with Crippen LogP contribution in [0.15, 0.2) is 42.5 Å². The number of aryl methyl sites for hydroxylation is 1. The van der Waals surface area contributed by atoms with Gasteiger partial charge in [-0.1, -0.05) is 35.9 Å². The molecule has 1 aliphatic heterocycles. The summed E-state index contributed by atoms with van der Waals surface area (Å²) in [5.74, 6) is -1.06. The van der Waals surface area contributed by atoms with Gasteiger partial charge in [0, 0.05) is 19.0 Å². The molecule has 1 amide bonds. The van der Waals surface area contributed by atoms with E-state index < -0.39 is 16.0 Å². The standard InChI is InChI=1S/C23H27ClN2O5S/c1-3-31-23(28)18-8-9-21(20(24)14-18)25-22(27)17-10-12-26(13-11-17)32(29,30)15-19-7-5-4-6-16(19)2/h4-9,14,17H,3,10-13,15H2,1-2H3,(H,25,27). The predicted molar refractivity (Wildman–Crippen MR) is 124 cm³/mol.